The molecule has 0 fully saturated rings. The Bertz CT molecular complexity index is 387. The third-order valence-electron chi connectivity index (χ3n) is 1.70. The molecule has 0 heterocycles. The van der Waals surface area contributed by atoms with E-state index in [1.807, 2.05) is 0 Å². The zero-order chi connectivity index (χ0) is 11.6. The van der Waals surface area contributed by atoms with Crippen LogP contribution in [0.15, 0.2) is 18.2 Å². The summed E-state index contributed by atoms with van der Waals surface area (Å²) in [6, 6.07) is 4.45. The average Bonchev–Trinajstić information content (AvgIpc) is 2.11. The van der Waals surface area contributed by atoms with Crippen LogP contribution in [0.1, 0.15) is 5.56 Å². The summed E-state index contributed by atoms with van der Waals surface area (Å²) in [6.45, 7) is 0. The molecule has 0 aliphatic carbocycles. The summed E-state index contributed by atoms with van der Waals surface area (Å²) < 4.78 is 24.7. The van der Waals surface area contributed by atoms with Gasteiger partial charge in [-0.05, 0) is 23.2 Å². The summed E-state index contributed by atoms with van der Waals surface area (Å²) in [5, 5.41) is -3.57. The number of rotatable bonds is 3. The first-order chi connectivity index (χ1) is 6.82. The van der Waals surface area contributed by atoms with Crippen molar-refractivity contribution >= 4 is 40.6 Å². The Kier molecular flexibility index (Phi) is 3.93. The van der Waals surface area contributed by atoms with Gasteiger partial charge in [-0.2, -0.15) is 8.78 Å². The number of carbonyl (C=O) groups is 1. The van der Waals surface area contributed by atoms with Crippen molar-refractivity contribution in [1.29, 1.82) is 0 Å². The van der Waals surface area contributed by atoms with Gasteiger partial charge in [-0.25, -0.2) is 0 Å². The third kappa shape index (κ3) is 3.30. The lowest BCUT2D eigenvalue weighted by Gasteiger charge is -2.08. The van der Waals surface area contributed by atoms with E-state index in [0.29, 0.717) is 0 Å². The lowest BCUT2D eigenvalue weighted by Crippen LogP contribution is -2.23. The summed E-state index contributed by atoms with van der Waals surface area (Å²) in [4.78, 5) is 10.9. The predicted molar refractivity (Wildman–Crippen MR) is 56.0 cm³/mol. The maximum absolute atomic E-state index is 12.4. The van der Waals surface area contributed by atoms with Gasteiger partial charge in [0.15, 0.2) is 0 Å². The molecule has 82 valence electrons. The molecule has 6 heteroatoms. The molecular weight excluding hydrogens is 268 g/mol. The Hall–Kier alpha value is -0.380. The fraction of sp³-hybridized carbons (Fsp3) is 0.222. The number of benzene rings is 1. The molecule has 15 heavy (non-hydrogen) atoms. The second kappa shape index (κ2) is 4.64. The summed E-state index contributed by atoms with van der Waals surface area (Å²) in [7, 11) is 0. The highest BCUT2D eigenvalue weighted by Crippen LogP contribution is 2.28. The van der Waals surface area contributed by atoms with Crippen LogP contribution in [0.5, 0.6) is 0 Å². The molecule has 1 nitrogen and oxygen atoms in total. The maximum atomic E-state index is 12.4. The average molecular weight is 273 g/mol. The van der Waals surface area contributed by atoms with Gasteiger partial charge in [0.25, 0.3) is 0 Å². The Morgan fingerprint density at radius 3 is 2.47 bits per heavy atom. The van der Waals surface area contributed by atoms with Gasteiger partial charge in [0, 0.05) is 6.42 Å². The van der Waals surface area contributed by atoms with Crippen molar-refractivity contribution < 1.29 is 13.6 Å². The van der Waals surface area contributed by atoms with Crippen LogP contribution in [-0.4, -0.2) is 11.2 Å². The van der Waals surface area contributed by atoms with Gasteiger partial charge >= 0.3 is 5.38 Å². The third-order valence-corrected chi connectivity index (χ3v) is 2.77. The standard InChI is InChI=1S/C9H5Cl3F2O/c10-6-3-1-2-5(8(6)11)4-7(15)9(12,13)14/h1-3H,4H2. The van der Waals surface area contributed by atoms with Crippen molar-refractivity contribution in [3.63, 3.8) is 0 Å². The molecule has 0 aliphatic heterocycles. The predicted octanol–water partition coefficient (Wildman–Crippen LogP) is 3.94. The van der Waals surface area contributed by atoms with Crippen LogP contribution < -0.4 is 0 Å². The number of hydrogen-bond acceptors (Lipinski definition) is 1. The molecule has 0 atom stereocenters. The van der Waals surface area contributed by atoms with E-state index in [2.05, 4.69) is 11.6 Å². The molecule has 1 aromatic carbocycles. The van der Waals surface area contributed by atoms with Crippen molar-refractivity contribution in [2.75, 3.05) is 0 Å². The molecule has 0 aromatic heterocycles. The maximum Gasteiger partial charge on any atom is 0.380 e. The van der Waals surface area contributed by atoms with Gasteiger partial charge in [-0.1, -0.05) is 35.3 Å². The fourth-order valence-corrected chi connectivity index (χ4v) is 1.41. The molecule has 1 rings (SSSR count). The van der Waals surface area contributed by atoms with E-state index >= 15 is 0 Å². The lowest BCUT2D eigenvalue weighted by molar-refractivity contribution is -0.132. The highest BCUT2D eigenvalue weighted by atomic mass is 35.5. The highest BCUT2D eigenvalue weighted by molar-refractivity contribution is 6.42. The summed E-state index contributed by atoms with van der Waals surface area (Å²) in [5.74, 6) is -1.41. The summed E-state index contributed by atoms with van der Waals surface area (Å²) in [6.07, 6.45) is -0.546. The Balaban J connectivity index is 2.91. The molecule has 1 aromatic rings. The molecular formula is C9H5Cl3F2O. The van der Waals surface area contributed by atoms with Crippen molar-refractivity contribution in [3.05, 3.63) is 33.8 Å². The number of halogens is 5. The molecule has 0 aliphatic rings. The zero-order valence-electron chi connectivity index (χ0n) is 7.24. The van der Waals surface area contributed by atoms with Crippen molar-refractivity contribution in [2.24, 2.45) is 0 Å². The van der Waals surface area contributed by atoms with Crippen LogP contribution in [0.25, 0.3) is 0 Å². The normalized spacial score (nSPS) is 11.5. The van der Waals surface area contributed by atoms with Crippen molar-refractivity contribution in [2.45, 2.75) is 11.8 Å². The number of carbonyl (C=O) groups excluding carboxylic acids is 1. The number of hydrogen-bond donors (Lipinski definition) is 0. The second-order valence-electron chi connectivity index (χ2n) is 2.81. The van der Waals surface area contributed by atoms with Crippen LogP contribution in [0.2, 0.25) is 10.0 Å². The van der Waals surface area contributed by atoms with Crippen molar-refractivity contribution in [3.8, 4) is 0 Å². The summed E-state index contributed by atoms with van der Waals surface area (Å²) in [5.41, 5.74) is 0.231. The zero-order valence-corrected chi connectivity index (χ0v) is 9.51. The monoisotopic (exact) mass is 272 g/mol. The van der Waals surface area contributed by atoms with E-state index < -0.39 is 17.6 Å². The number of alkyl halides is 3. The van der Waals surface area contributed by atoms with E-state index in [9.17, 15) is 13.6 Å². The summed E-state index contributed by atoms with van der Waals surface area (Å²) >= 11 is 15.9. The Morgan fingerprint density at radius 2 is 1.93 bits per heavy atom. The molecule has 0 unspecified atom stereocenters. The van der Waals surface area contributed by atoms with E-state index in [1.54, 1.807) is 0 Å². The van der Waals surface area contributed by atoms with Crippen molar-refractivity contribution in [1.82, 2.24) is 0 Å². The van der Waals surface area contributed by atoms with Gasteiger partial charge in [-0.3, -0.25) is 4.79 Å². The van der Waals surface area contributed by atoms with Crippen LogP contribution >= 0.6 is 34.8 Å². The van der Waals surface area contributed by atoms with E-state index in [-0.39, 0.29) is 15.6 Å². The topological polar surface area (TPSA) is 17.1 Å². The Morgan fingerprint density at radius 1 is 1.33 bits per heavy atom. The lowest BCUT2D eigenvalue weighted by atomic mass is 10.1. The van der Waals surface area contributed by atoms with E-state index in [1.165, 1.54) is 18.2 Å². The van der Waals surface area contributed by atoms with E-state index in [0.717, 1.165) is 0 Å². The van der Waals surface area contributed by atoms with Gasteiger partial charge in [-0.15, -0.1) is 0 Å². The Labute approximate surface area is 99.9 Å². The minimum Gasteiger partial charge on any atom is -0.291 e. The van der Waals surface area contributed by atoms with E-state index in [4.69, 9.17) is 23.2 Å². The first-order valence-corrected chi connectivity index (χ1v) is 4.98. The number of ketones is 1. The highest BCUT2D eigenvalue weighted by Gasteiger charge is 2.35. The quantitative estimate of drug-likeness (QED) is 0.763. The fourth-order valence-electron chi connectivity index (χ4n) is 0.958. The first kappa shape index (κ1) is 12.7. The molecule has 0 bridgehead atoms. The minimum atomic E-state index is -3.87. The van der Waals surface area contributed by atoms with Gasteiger partial charge in [0.1, 0.15) is 0 Å². The molecule has 0 saturated carbocycles. The van der Waals surface area contributed by atoms with Crippen LogP contribution in [0.3, 0.4) is 0 Å². The smallest absolute Gasteiger partial charge is 0.291 e. The minimum absolute atomic E-state index is 0.0911. The molecule has 0 N–H and O–H groups in total. The van der Waals surface area contributed by atoms with Crippen LogP contribution in [0, 0.1) is 0 Å². The molecule has 0 saturated heterocycles. The van der Waals surface area contributed by atoms with Gasteiger partial charge < -0.3 is 0 Å². The van der Waals surface area contributed by atoms with Gasteiger partial charge in [0.2, 0.25) is 5.78 Å². The first-order valence-electron chi connectivity index (χ1n) is 3.85. The van der Waals surface area contributed by atoms with Crippen LogP contribution in [0.4, 0.5) is 8.78 Å². The largest absolute Gasteiger partial charge is 0.380 e. The number of Topliss-reactive ketones (excluding diaryl/α,β-unsaturated/α-hetero) is 1. The molecule has 0 radical (unpaired) electrons. The van der Waals surface area contributed by atoms with Crippen LogP contribution in [-0.2, 0) is 11.2 Å². The molecule has 0 spiro atoms. The second-order valence-corrected chi connectivity index (χ2v) is 4.07. The van der Waals surface area contributed by atoms with Gasteiger partial charge in [0.05, 0.1) is 10.0 Å². The molecule has 0 amide bonds. The SMILES string of the molecule is O=C(Cc1cccc(Cl)c1Cl)C(F)(F)Cl.